The molecule has 1 aliphatic heterocycles. The molecular formula is C25H32FNO6S. The molecule has 1 amide bonds. The fraction of sp³-hybridized carbons (Fsp3) is 0.480. The third-order valence-electron chi connectivity index (χ3n) is 5.39. The average molecular weight is 494 g/mol. The van der Waals surface area contributed by atoms with E-state index in [2.05, 4.69) is 0 Å². The molecule has 0 aliphatic carbocycles. The molecule has 0 saturated carbocycles. The van der Waals surface area contributed by atoms with Gasteiger partial charge >= 0.3 is 10.1 Å². The Morgan fingerprint density at radius 3 is 2.44 bits per heavy atom. The number of methoxy groups -OCH3 is 1. The van der Waals surface area contributed by atoms with Crippen molar-refractivity contribution in [3.05, 3.63) is 53.8 Å². The van der Waals surface area contributed by atoms with E-state index in [9.17, 15) is 17.6 Å². The van der Waals surface area contributed by atoms with Crippen LogP contribution < -0.4 is 8.92 Å². The molecule has 1 aliphatic rings. The van der Waals surface area contributed by atoms with Gasteiger partial charge in [-0.25, -0.2) is 4.39 Å². The molecule has 2 aromatic rings. The predicted molar refractivity (Wildman–Crippen MR) is 126 cm³/mol. The van der Waals surface area contributed by atoms with E-state index in [0.29, 0.717) is 25.1 Å². The Balaban J connectivity index is 1.85. The lowest BCUT2D eigenvalue weighted by molar-refractivity contribution is -0.135. The Morgan fingerprint density at radius 2 is 1.85 bits per heavy atom. The van der Waals surface area contributed by atoms with Crippen LogP contribution in [0.15, 0.2) is 47.4 Å². The molecule has 3 rings (SSSR count). The molecule has 1 unspecified atom stereocenters. The van der Waals surface area contributed by atoms with Gasteiger partial charge in [0, 0.05) is 26.1 Å². The highest BCUT2D eigenvalue weighted by Crippen LogP contribution is 2.32. The van der Waals surface area contributed by atoms with Gasteiger partial charge < -0.3 is 18.6 Å². The molecule has 0 aromatic heterocycles. The van der Waals surface area contributed by atoms with Gasteiger partial charge in [-0.15, -0.1) is 0 Å². The zero-order valence-corrected chi connectivity index (χ0v) is 20.9. The number of amides is 1. The standard InChI is InChI=1S/C25H32FNO6S/c1-25(2,3)15-24(28)27(17-20-6-5-13-32-20)16-18-7-12-22(31-4)23(14-18)33-34(29,30)21-10-8-19(26)9-11-21/h7-12,14,20H,5-6,13,15-17H2,1-4H3. The molecule has 1 heterocycles. The summed E-state index contributed by atoms with van der Waals surface area (Å²) in [5, 5.41) is 0. The summed E-state index contributed by atoms with van der Waals surface area (Å²) in [5.41, 5.74) is 0.508. The van der Waals surface area contributed by atoms with Gasteiger partial charge in [-0.1, -0.05) is 26.8 Å². The van der Waals surface area contributed by atoms with E-state index in [0.717, 1.165) is 37.1 Å². The number of carbonyl (C=O) groups excluding carboxylic acids is 1. The molecule has 9 heteroatoms. The summed E-state index contributed by atoms with van der Waals surface area (Å²) in [6.45, 7) is 7.45. The minimum atomic E-state index is -4.21. The van der Waals surface area contributed by atoms with Crippen LogP contribution in [0.1, 0.15) is 45.6 Å². The lowest BCUT2D eigenvalue weighted by Gasteiger charge is -2.29. The van der Waals surface area contributed by atoms with Gasteiger partial charge in [0.05, 0.1) is 13.2 Å². The van der Waals surface area contributed by atoms with Crippen molar-refractivity contribution in [2.24, 2.45) is 5.41 Å². The van der Waals surface area contributed by atoms with E-state index in [4.69, 9.17) is 13.7 Å². The van der Waals surface area contributed by atoms with Crippen LogP contribution in [0.3, 0.4) is 0 Å². The maximum absolute atomic E-state index is 13.2. The molecular weight excluding hydrogens is 461 g/mol. The van der Waals surface area contributed by atoms with E-state index >= 15 is 0 Å². The van der Waals surface area contributed by atoms with Crippen LogP contribution in [-0.4, -0.2) is 45.6 Å². The number of halogens is 1. The molecule has 0 spiro atoms. The Morgan fingerprint density at radius 1 is 1.15 bits per heavy atom. The zero-order valence-electron chi connectivity index (χ0n) is 20.0. The highest BCUT2D eigenvalue weighted by molar-refractivity contribution is 7.87. The van der Waals surface area contributed by atoms with Gasteiger partial charge in [0.25, 0.3) is 0 Å². The second-order valence-electron chi connectivity index (χ2n) is 9.62. The van der Waals surface area contributed by atoms with Crippen LogP contribution in [0.5, 0.6) is 11.5 Å². The van der Waals surface area contributed by atoms with Crippen molar-refractivity contribution in [1.82, 2.24) is 4.90 Å². The van der Waals surface area contributed by atoms with E-state index in [-0.39, 0.29) is 40.4 Å². The monoisotopic (exact) mass is 493 g/mol. The molecule has 1 fully saturated rings. The molecule has 2 aromatic carbocycles. The van der Waals surface area contributed by atoms with Crippen LogP contribution >= 0.6 is 0 Å². The fourth-order valence-corrected chi connectivity index (χ4v) is 4.66. The van der Waals surface area contributed by atoms with Gasteiger partial charge in [-0.3, -0.25) is 4.79 Å². The first kappa shape index (κ1) is 26.0. The van der Waals surface area contributed by atoms with Crippen LogP contribution in [-0.2, 0) is 26.2 Å². The predicted octanol–water partition coefficient (Wildman–Crippen LogP) is 4.55. The molecule has 7 nitrogen and oxygen atoms in total. The van der Waals surface area contributed by atoms with Gasteiger partial charge in [0.15, 0.2) is 11.5 Å². The molecule has 186 valence electrons. The average Bonchev–Trinajstić information content (AvgIpc) is 3.25. The van der Waals surface area contributed by atoms with Crippen LogP contribution in [0.4, 0.5) is 4.39 Å². The first-order chi connectivity index (χ1) is 16.0. The molecule has 1 saturated heterocycles. The largest absolute Gasteiger partial charge is 0.493 e. The summed E-state index contributed by atoms with van der Waals surface area (Å²) in [7, 11) is -2.81. The lowest BCUT2D eigenvalue weighted by atomic mass is 9.91. The summed E-state index contributed by atoms with van der Waals surface area (Å²) < 4.78 is 55.0. The topological polar surface area (TPSA) is 82.1 Å². The number of carbonyl (C=O) groups is 1. The summed E-state index contributed by atoms with van der Waals surface area (Å²) in [4.78, 5) is 14.7. The van der Waals surface area contributed by atoms with Crippen LogP contribution in [0.2, 0.25) is 0 Å². The smallest absolute Gasteiger partial charge is 0.339 e. The minimum Gasteiger partial charge on any atom is -0.493 e. The number of hydrogen-bond donors (Lipinski definition) is 0. The maximum atomic E-state index is 13.2. The molecule has 0 radical (unpaired) electrons. The van der Waals surface area contributed by atoms with E-state index in [1.54, 1.807) is 23.1 Å². The molecule has 34 heavy (non-hydrogen) atoms. The third kappa shape index (κ3) is 7.17. The first-order valence-corrected chi connectivity index (χ1v) is 12.6. The van der Waals surface area contributed by atoms with Gasteiger partial charge in [0.1, 0.15) is 10.7 Å². The van der Waals surface area contributed by atoms with Crippen molar-refractivity contribution in [3.63, 3.8) is 0 Å². The van der Waals surface area contributed by atoms with Crippen molar-refractivity contribution >= 4 is 16.0 Å². The number of hydrogen-bond acceptors (Lipinski definition) is 6. The first-order valence-electron chi connectivity index (χ1n) is 11.2. The zero-order chi connectivity index (χ0) is 24.9. The van der Waals surface area contributed by atoms with Crippen molar-refractivity contribution in [2.75, 3.05) is 20.3 Å². The second-order valence-corrected chi connectivity index (χ2v) is 11.2. The van der Waals surface area contributed by atoms with E-state index in [1.807, 2.05) is 20.8 Å². The van der Waals surface area contributed by atoms with Gasteiger partial charge in [-0.2, -0.15) is 8.42 Å². The van der Waals surface area contributed by atoms with Gasteiger partial charge in [0.2, 0.25) is 5.91 Å². The van der Waals surface area contributed by atoms with Crippen molar-refractivity contribution in [3.8, 4) is 11.5 Å². The second kappa shape index (κ2) is 10.7. The number of benzene rings is 2. The highest BCUT2D eigenvalue weighted by Gasteiger charge is 2.27. The quantitative estimate of drug-likeness (QED) is 0.477. The summed E-state index contributed by atoms with van der Waals surface area (Å²) >= 11 is 0. The third-order valence-corrected chi connectivity index (χ3v) is 6.63. The molecule has 0 N–H and O–H groups in total. The van der Waals surface area contributed by atoms with Crippen molar-refractivity contribution in [2.45, 2.75) is 57.6 Å². The lowest BCUT2D eigenvalue weighted by Crippen LogP contribution is -2.38. The molecule has 1 atom stereocenters. The number of rotatable bonds is 9. The van der Waals surface area contributed by atoms with Crippen molar-refractivity contribution in [1.29, 1.82) is 0 Å². The van der Waals surface area contributed by atoms with E-state index in [1.165, 1.54) is 7.11 Å². The maximum Gasteiger partial charge on any atom is 0.339 e. The number of nitrogens with zero attached hydrogens (tertiary/aromatic N) is 1. The Labute approximate surface area is 200 Å². The molecule has 0 bridgehead atoms. The number of ether oxygens (including phenoxy) is 2. The van der Waals surface area contributed by atoms with E-state index < -0.39 is 15.9 Å². The minimum absolute atomic E-state index is 0.000204. The SMILES string of the molecule is COc1ccc(CN(CC2CCCO2)C(=O)CC(C)(C)C)cc1OS(=O)(=O)c1ccc(F)cc1. The van der Waals surface area contributed by atoms with Crippen LogP contribution in [0, 0.1) is 11.2 Å². The Kier molecular flexibility index (Phi) is 8.20. The van der Waals surface area contributed by atoms with Gasteiger partial charge in [-0.05, 0) is 60.2 Å². The van der Waals surface area contributed by atoms with Crippen LogP contribution in [0.25, 0.3) is 0 Å². The summed E-state index contributed by atoms with van der Waals surface area (Å²) in [5.74, 6) is -0.337. The highest BCUT2D eigenvalue weighted by atomic mass is 32.2. The summed E-state index contributed by atoms with van der Waals surface area (Å²) in [6.07, 6.45) is 2.22. The normalized spacial score (nSPS) is 16.3. The Hall–Kier alpha value is -2.65. The summed E-state index contributed by atoms with van der Waals surface area (Å²) in [6, 6.07) is 9.28. The fourth-order valence-electron chi connectivity index (χ4n) is 3.73. The Bertz CT molecular complexity index is 1090. The van der Waals surface area contributed by atoms with Crippen molar-refractivity contribution < 1.29 is 31.3 Å².